The van der Waals surface area contributed by atoms with Crippen molar-refractivity contribution < 1.29 is 33.2 Å². The minimum absolute atomic E-state index is 0.0289. The molecule has 2 fully saturated rings. The van der Waals surface area contributed by atoms with E-state index in [1.54, 1.807) is 6.92 Å². The normalized spacial score (nSPS) is 26.3. The molecule has 9 nitrogen and oxygen atoms in total. The Hall–Kier alpha value is -3.52. The van der Waals surface area contributed by atoms with Gasteiger partial charge in [0, 0.05) is 5.92 Å². The van der Waals surface area contributed by atoms with Gasteiger partial charge in [0.2, 0.25) is 5.95 Å². The Morgan fingerprint density at radius 2 is 1.79 bits per heavy atom. The minimum Gasteiger partial charge on any atom is -0.404 e. The number of hydrogen-bond donors (Lipinski definition) is 5. The number of aryl methyl sites for hydroxylation is 1. The van der Waals surface area contributed by atoms with Crippen molar-refractivity contribution in [2.75, 3.05) is 10.6 Å². The molecule has 2 heterocycles. The van der Waals surface area contributed by atoms with Gasteiger partial charge in [-0.15, -0.1) is 24.5 Å². The topological polar surface area (TPSA) is 133 Å². The molecule has 2 aromatic heterocycles. The fourth-order valence-corrected chi connectivity index (χ4v) is 6.20. The van der Waals surface area contributed by atoms with E-state index in [1.807, 2.05) is 24.3 Å². The number of benzene rings is 2. The van der Waals surface area contributed by atoms with Gasteiger partial charge >= 0.3 is 6.36 Å². The number of para-hydroxylation sites is 3. The zero-order valence-corrected chi connectivity index (χ0v) is 20.6. The highest BCUT2D eigenvalue weighted by molar-refractivity contribution is 7.21. The number of ether oxygens (including phenoxy) is 1. The van der Waals surface area contributed by atoms with Gasteiger partial charge in [-0.1, -0.05) is 24.3 Å². The van der Waals surface area contributed by atoms with Crippen LogP contribution < -0.4 is 15.4 Å². The van der Waals surface area contributed by atoms with E-state index in [4.69, 9.17) is 0 Å². The molecule has 0 aliphatic heterocycles. The summed E-state index contributed by atoms with van der Waals surface area (Å²) in [5, 5.41) is 38.8. The fraction of sp³-hybridized carbons (Fsp3) is 0.320. The third-order valence-electron chi connectivity index (χ3n) is 7.05. The lowest BCUT2D eigenvalue weighted by Crippen LogP contribution is -2.51. The summed E-state index contributed by atoms with van der Waals surface area (Å²) in [5.41, 5.74) is -2.06. The van der Waals surface area contributed by atoms with E-state index >= 15 is 0 Å². The van der Waals surface area contributed by atoms with Crippen LogP contribution in [-0.4, -0.2) is 54.1 Å². The van der Waals surface area contributed by atoms with E-state index in [0.29, 0.717) is 22.7 Å². The number of aliphatic hydroxyl groups is 3. The van der Waals surface area contributed by atoms with Crippen molar-refractivity contribution in [1.29, 1.82) is 0 Å². The number of halogens is 3. The average molecular weight is 546 g/mol. The lowest BCUT2D eigenvalue weighted by atomic mass is 10.0. The van der Waals surface area contributed by atoms with Crippen LogP contribution in [0.15, 0.2) is 48.5 Å². The Morgan fingerprint density at radius 3 is 2.50 bits per heavy atom. The first-order chi connectivity index (χ1) is 18.0. The number of alkyl halides is 3. The number of aliphatic hydroxyl groups excluding tert-OH is 1. The number of fused-ring (bicyclic) bond motifs is 2. The molecule has 2 aliphatic carbocycles. The maximum atomic E-state index is 12.9. The van der Waals surface area contributed by atoms with Crippen LogP contribution in [0.5, 0.6) is 5.75 Å². The number of aromatic nitrogens is 3. The van der Waals surface area contributed by atoms with Crippen molar-refractivity contribution in [1.82, 2.24) is 15.0 Å². The van der Waals surface area contributed by atoms with E-state index < -0.39 is 35.5 Å². The maximum Gasteiger partial charge on any atom is 0.573 e. The van der Waals surface area contributed by atoms with Crippen molar-refractivity contribution in [3.05, 3.63) is 54.2 Å². The number of nitrogens with zero attached hydrogens (tertiary/aromatic N) is 3. The molecule has 0 spiro atoms. The molecule has 6 rings (SSSR count). The first-order valence-electron chi connectivity index (χ1n) is 11.8. The van der Waals surface area contributed by atoms with Gasteiger partial charge < -0.3 is 30.7 Å². The number of nitrogens with one attached hydrogen (secondary N) is 2. The molecule has 38 heavy (non-hydrogen) atoms. The zero-order valence-electron chi connectivity index (χ0n) is 19.8. The van der Waals surface area contributed by atoms with Crippen LogP contribution in [0.4, 0.5) is 30.6 Å². The van der Waals surface area contributed by atoms with Gasteiger partial charge in [-0.25, -0.2) is 9.97 Å². The van der Waals surface area contributed by atoms with Crippen LogP contribution in [0.3, 0.4) is 0 Å². The molecule has 2 saturated carbocycles. The fourth-order valence-electron chi connectivity index (χ4n) is 5.14. The Morgan fingerprint density at radius 1 is 1.05 bits per heavy atom. The first kappa shape index (κ1) is 24.8. The second-order valence-corrected chi connectivity index (χ2v) is 10.4. The maximum absolute atomic E-state index is 12.9. The highest BCUT2D eigenvalue weighted by Crippen LogP contribution is 2.61. The highest BCUT2D eigenvalue weighted by Gasteiger charge is 2.78. The average Bonchev–Trinajstić information content (AvgIpc) is 3.12. The summed E-state index contributed by atoms with van der Waals surface area (Å²) in [6.07, 6.45) is -5.44. The van der Waals surface area contributed by atoms with Gasteiger partial charge in [-0.05, 0) is 44.0 Å². The molecule has 198 valence electrons. The quantitative estimate of drug-likeness (QED) is 0.225. The molecule has 2 aromatic carbocycles. The molecular weight excluding hydrogens is 523 g/mol. The first-order valence-corrected chi connectivity index (χ1v) is 12.6. The SMILES string of the molecule is Cc1nc(Nc2ccccc2OC(F)(F)F)nc(NC2(O)CCC3C(O)C32O)c1-c1nc2ccccc2s1. The summed E-state index contributed by atoms with van der Waals surface area (Å²) in [7, 11) is 0. The van der Waals surface area contributed by atoms with Crippen LogP contribution in [0.2, 0.25) is 0 Å². The molecule has 0 radical (unpaired) electrons. The summed E-state index contributed by atoms with van der Waals surface area (Å²) in [5.74, 6) is -0.921. The molecular formula is C25H22F3N5O4S. The Labute approximate surface area is 218 Å². The van der Waals surface area contributed by atoms with Gasteiger partial charge in [-0.2, -0.15) is 4.98 Å². The van der Waals surface area contributed by atoms with Gasteiger partial charge in [0.1, 0.15) is 16.4 Å². The van der Waals surface area contributed by atoms with Crippen LogP contribution in [-0.2, 0) is 0 Å². The highest BCUT2D eigenvalue weighted by atomic mass is 32.1. The second-order valence-electron chi connectivity index (χ2n) is 9.41. The summed E-state index contributed by atoms with van der Waals surface area (Å²) in [4.78, 5) is 13.6. The monoisotopic (exact) mass is 545 g/mol. The van der Waals surface area contributed by atoms with Crippen molar-refractivity contribution in [2.24, 2.45) is 5.92 Å². The standard InChI is InChI=1S/C25H22F3N5O4S/c1-12-18(21-30-15-7-3-5-9-17(15)38-21)20(33-23(35)11-10-13-19(34)24(13,23)36)32-22(29-12)31-14-6-2-4-8-16(14)37-25(26,27)28/h2-9,13,19,34-36H,10-11H2,1H3,(H2,29,31,32,33). The lowest BCUT2D eigenvalue weighted by Gasteiger charge is -2.33. The van der Waals surface area contributed by atoms with E-state index in [2.05, 4.69) is 30.3 Å². The molecule has 0 saturated heterocycles. The molecule has 13 heteroatoms. The molecule has 5 N–H and O–H groups in total. The van der Waals surface area contributed by atoms with E-state index in [-0.39, 0.29) is 23.9 Å². The molecule has 4 atom stereocenters. The Kier molecular flexibility index (Phi) is 5.54. The van der Waals surface area contributed by atoms with Crippen molar-refractivity contribution in [3.63, 3.8) is 0 Å². The third kappa shape index (κ3) is 4.02. The van der Waals surface area contributed by atoms with Crippen molar-refractivity contribution in [3.8, 4) is 16.3 Å². The third-order valence-corrected chi connectivity index (χ3v) is 8.10. The van der Waals surface area contributed by atoms with Gasteiger partial charge in [0.15, 0.2) is 11.5 Å². The Balaban J connectivity index is 1.44. The van der Waals surface area contributed by atoms with Gasteiger partial charge in [0.05, 0.1) is 33.3 Å². The molecule has 0 bridgehead atoms. The number of thiazole rings is 1. The number of anilines is 3. The van der Waals surface area contributed by atoms with E-state index in [1.165, 1.54) is 29.5 Å². The summed E-state index contributed by atoms with van der Waals surface area (Å²) in [6.45, 7) is 1.68. The number of rotatable bonds is 6. The molecule has 0 amide bonds. The van der Waals surface area contributed by atoms with Crippen molar-refractivity contribution >= 4 is 39.0 Å². The molecule has 4 unspecified atom stereocenters. The molecule has 4 aromatic rings. The second kappa shape index (κ2) is 8.50. The zero-order chi connectivity index (χ0) is 26.9. The Bertz CT molecular complexity index is 1520. The van der Waals surface area contributed by atoms with E-state index in [0.717, 1.165) is 16.3 Å². The smallest absolute Gasteiger partial charge is 0.404 e. The van der Waals surface area contributed by atoms with Crippen LogP contribution in [0, 0.1) is 12.8 Å². The van der Waals surface area contributed by atoms with Crippen LogP contribution >= 0.6 is 11.3 Å². The summed E-state index contributed by atoms with van der Waals surface area (Å²) < 4.78 is 43.8. The van der Waals surface area contributed by atoms with Crippen molar-refractivity contribution in [2.45, 2.75) is 43.6 Å². The summed E-state index contributed by atoms with van der Waals surface area (Å²) in [6, 6.07) is 13.0. The number of hydrogen-bond acceptors (Lipinski definition) is 10. The molecule has 2 aliphatic rings. The van der Waals surface area contributed by atoms with Gasteiger partial charge in [0.25, 0.3) is 0 Å². The van der Waals surface area contributed by atoms with Crippen LogP contribution in [0.25, 0.3) is 20.8 Å². The summed E-state index contributed by atoms with van der Waals surface area (Å²) >= 11 is 1.37. The van der Waals surface area contributed by atoms with Crippen LogP contribution in [0.1, 0.15) is 18.5 Å². The van der Waals surface area contributed by atoms with E-state index in [9.17, 15) is 28.5 Å². The predicted molar refractivity (Wildman–Crippen MR) is 134 cm³/mol. The van der Waals surface area contributed by atoms with Gasteiger partial charge in [-0.3, -0.25) is 0 Å². The lowest BCUT2D eigenvalue weighted by molar-refractivity contribution is -0.274. The minimum atomic E-state index is -4.90. The predicted octanol–water partition coefficient (Wildman–Crippen LogP) is 4.32. The largest absolute Gasteiger partial charge is 0.573 e.